The van der Waals surface area contributed by atoms with Crippen molar-refractivity contribution in [1.29, 1.82) is 0 Å². The smallest absolute Gasteiger partial charge is 0.369 e. The molecule has 0 unspecified atom stereocenters. The van der Waals surface area contributed by atoms with Gasteiger partial charge in [-0.1, -0.05) is 0 Å². The molecular formula is C12H26N2O6P2. The lowest BCUT2D eigenvalue weighted by atomic mass is 10.7. The highest BCUT2D eigenvalue weighted by atomic mass is 31.2. The average Bonchev–Trinajstić information content (AvgIpc) is 2.93. The largest absolute Gasteiger partial charge is 0.373 e. The molecule has 0 aliphatic carbocycles. The first kappa shape index (κ1) is 19.7. The van der Waals surface area contributed by atoms with Crippen LogP contribution < -0.4 is 10.6 Å². The molecule has 1 heterocycles. The lowest BCUT2D eigenvalue weighted by Crippen LogP contribution is -2.17. The molecule has 0 atom stereocenters. The Labute approximate surface area is 132 Å². The van der Waals surface area contributed by atoms with Gasteiger partial charge in [-0.05, 0) is 27.7 Å². The van der Waals surface area contributed by atoms with Gasteiger partial charge in [0, 0.05) is 13.1 Å². The van der Waals surface area contributed by atoms with Gasteiger partial charge < -0.3 is 28.7 Å². The summed E-state index contributed by atoms with van der Waals surface area (Å²) in [6.45, 7) is 8.55. The lowest BCUT2D eigenvalue weighted by Gasteiger charge is -2.27. The van der Waals surface area contributed by atoms with Gasteiger partial charge in [0.05, 0.1) is 26.4 Å². The van der Waals surface area contributed by atoms with Crippen molar-refractivity contribution in [1.82, 2.24) is 10.6 Å². The Balaban J connectivity index is 3.43. The molecule has 1 aliphatic heterocycles. The minimum absolute atomic E-state index is 0.0788. The van der Waals surface area contributed by atoms with Crippen LogP contribution >= 0.6 is 15.2 Å². The van der Waals surface area contributed by atoms with E-state index in [2.05, 4.69) is 10.6 Å². The fourth-order valence-electron chi connectivity index (χ4n) is 2.02. The van der Waals surface area contributed by atoms with Crippen molar-refractivity contribution in [2.24, 2.45) is 0 Å². The molecule has 0 aromatic rings. The number of rotatable bonds is 10. The maximum absolute atomic E-state index is 13.2. The van der Waals surface area contributed by atoms with Gasteiger partial charge in [0.15, 0.2) is 5.06 Å². The van der Waals surface area contributed by atoms with Crippen LogP contribution in [0.3, 0.4) is 0 Å². The third-order valence-electron chi connectivity index (χ3n) is 2.67. The third kappa shape index (κ3) is 4.57. The molecule has 0 aromatic heterocycles. The van der Waals surface area contributed by atoms with Crippen LogP contribution in [0.25, 0.3) is 0 Å². The van der Waals surface area contributed by atoms with Crippen molar-refractivity contribution in [3.63, 3.8) is 0 Å². The summed E-state index contributed by atoms with van der Waals surface area (Å²) < 4.78 is 47.8. The Morgan fingerprint density at radius 1 is 0.818 bits per heavy atom. The van der Waals surface area contributed by atoms with E-state index in [1.54, 1.807) is 27.7 Å². The van der Waals surface area contributed by atoms with Crippen LogP contribution in [-0.2, 0) is 27.2 Å². The monoisotopic (exact) mass is 356 g/mol. The van der Waals surface area contributed by atoms with Gasteiger partial charge in [0.2, 0.25) is 0 Å². The van der Waals surface area contributed by atoms with E-state index >= 15 is 0 Å². The van der Waals surface area contributed by atoms with Gasteiger partial charge in [0.25, 0.3) is 0 Å². The van der Waals surface area contributed by atoms with Crippen molar-refractivity contribution >= 4 is 15.2 Å². The standard InChI is InChI=1S/C12H26N2O6P2/c1-5-17-21(15,18-6-2)12(11-13-9-10-14-11)22(16,19-7-3)20-8-4/h13-14H,5-10H2,1-4H3. The van der Waals surface area contributed by atoms with Crippen LogP contribution in [-0.4, -0.2) is 39.5 Å². The van der Waals surface area contributed by atoms with Gasteiger partial charge in [0.1, 0.15) is 5.82 Å². The Hall–Kier alpha value is -0.360. The van der Waals surface area contributed by atoms with E-state index in [1.807, 2.05) is 0 Å². The fourth-order valence-corrected chi connectivity index (χ4v) is 6.77. The molecule has 0 aromatic carbocycles. The highest BCUT2D eigenvalue weighted by Gasteiger charge is 2.48. The molecule has 1 saturated heterocycles. The van der Waals surface area contributed by atoms with E-state index in [1.165, 1.54) is 0 Å². The van der Waals surface area contributed by atoms with Crippen LogP contribution in [0.15, 0.2) is 10.9 Å². The topological polar surface area (TPSA) is 95.1 Å². The second kappa shape index (κ2) is 9.06. The van der Waals surface area contributed by atoms with Gasteiger partial charge in [-0.15, -0.1) is 0 Å². The van der Waals surface area contributed by atoms with Crippen LogP contribution in [0.2, 0.25) is 0 Å². The molecule has 1 rings (SSSR count). The minimum Gasteiger partial charge on any atom is -0.369 e. The Morgan fingerprint density at radius 2 is 1.14 bits per heavy atom. The van der Waals surface area contributed by atoms with Gasteiger partial charge in [-0.2, -0.15) is 0 Å². The summed E-state index contributed by atoms with van der Waals surface area (Å²) in [7, 11) is -7.64. The van der Waals surface area contributed by atoms with Crippen LogP contribution in [0.4, 0.5) is 0 Å². The second-order valence-corrected chi connectivity index (χ2v) is 8.49. The summed E-state index contributed by atoms with van der Waals surface area (Å²) >= 11 is 0. The molecule has 0 spiro atoms. The van der Waals surface area contributed by atoms with Gasteiger partial charge in [-0.25, -0.2) is 0 Å². The highest BCUT2D eigenvalue weighted by molar-refractivity contribution is 7.78. The number of hydrogen-bond donors (Lipinski definition) is 2. The first-order valence-corrected chi connectivity index (χ1v) is 10.6. The predicted molar refractivity (Wildman–Crippen MR) is 84.7 cm³/mol. The Morgan fingerprint density at radius 3 is 1.41 bits per heavy atom. The van der Waals surface area contributed by atoms with E-state index in [4.69, 9.17) is 18.1 Å². The van der Waals surface area contributed by atoms with Crippen molar-refractivity contribution in [3.8, 4) is 0 Å². The van der Waals surface area contributed by atoms with E-state index in [0.717, 1.165) is 0 Å². The van der Waals surface area contributed by atoms with Gasteiger partial charge in [-0.3, -0.25) is 9.13 Å². The molecule has 0 bridgehead atoms. The molecule has 8 nitrogen and oxygen atoms in total. The van der Waals surface area contributed by atoms with Gasteiger partial charge >= 0.3 is 15.2 Å². The summed E-state index contributed by atoms with van der Waals surface area (Å²) in [5.74, 6) is 0.343. The normalized spacial score (nSPS) is 15.5. The molecule has 0 saturated carbocycles. The fraction of sp³-hybridized carbons (Fsp3) is 0.833. The Kier molecular flexibility index (Phi) is 8.11. The second-order valence-electron chi connectivity index (χ2n) is 4.22. The van der Waals surface area contributed by atoms with Crippen LogP contribution in [0.1, 0.15) is 27.7 Å². The number of nitrogens with one attached hydrogen (secondary N) is 2. The lowest BCUT2D eigenvalue weighted by molar-refractivity contribution is 0.213. The zero-order chi connectivity index (χ0) is 16.6. The quantitative estimate of drug-likeness (QED) is 0.577. The molecule has 1 aliphatic rings. The van der Waals surface area contributed by atoms with E-state index < -0.39 is 15.2 Å². The van der Waals surface area contributed by atoms with Crippen molar-refractivity contribution in [2.75, 3.05) is 39.5 Å². The van der Waals surface area contributed by atoms with E-state index in [-0.39, 0.29) is 31.5 Å². The molecular weight excluding hydrogens is 330 g/mol. The highest BCUT2D eigenvalue weighted by Crippen LogP contribution is 2.74. The summed E-state index contributed by atoms with van der Waals surface area (Å²) in [6, 6.07) is 0. The maximum atomic E-state index is 13.2. The summed E-state index contributed by atoms with van der Waals surface area (Å²) in [6.07, 6.45) is 0. The SMILES string of the molecule is CCOP(=O)(OCC)C(=C1NCCN1)P(=O)(OCC)OCC. The maximum Gasteiger partial charge on any atom is 0.373 e. The summed E-state index contributed by atoms with van der Waals surface area (Å²) in [4.78, 5) is 0. The van der Waals surface area contributed by atoms with E-state index in [9.17, 15) is 9.13 Å². The summed E-state index contributed by atoms with van der Waals surface area (Å²) in [5.41, 5.74) is 0. The van der Waals surface area contributed by atoms with Crippen molar-refractivity contribution in [3.05, 3.63) is 10.9 Å². The molecule has 0 amide bonds. The van der Waals surface area contributed by atoms with Crippen LogP contribution in [0, 0.1) is 0 Å². The Bertz CT molecular complexity index is 422. The molecule has 10 heteroatoms. The average molecular weight is 356 g/mol. The van der Waals surface area contributed by atoms with Crippen LogP contribution in [0.5, 0.6) is 0 Å². The third-order valence-corrected chi connectivity index (χ3v) is 8.01. The molecule has 22 heavy (non-hydrogen) atoms. The zero-order valence-corrected chi connectivity index (χ0v) is 15.4. The van der Waals surface area contributed by atoms with Crippen molar-refractivity contribution in [2.45, 2.75) is 27.7 Å². The van der Waals surface area contributed by atoms with Crippen molar-refractivity contribution < 1.29 is 27.2 Å². The predicted octanol–water partition coefficient (Wildman–Crippen LogP) is 2.84. The zero-order valence-electron chi connectivity index (χ0n) is 13.6. The molecule has 2 N–H and O–H groups in total. The molecule has 0 radical (unpaired) electrons. The number of hydrogen-bond acceptors (Lipinski definition) is 8. The summed E-state index contributed by atoms with van der Waals surface area (Å²) in [5, 5.41) is 5.93. The first-order chi connectivity index (χ1) is 10.5. The first-order valence-electron chi connectivity index (χ1n) is 7.48. The minimum atomic E-state index is -3.82. The molecule has 1 fully saturated rings. The molecule has 130 valence electrons. The van der Waals surface area contributed by atoms with E-state index in [0.29, 0.717) is 18.9 Å².